The number of nitrogen functional groups attached to an aromatic ring is 1. The van der Waals surface area contributed by atoms with Gasteiger partial charge in [0, 0.05) is 27.9 Å². The van der Waals surface area contributed by atoms with Crippen molar-refractivity contribution in [3.8, 4) is 17.1 Å². The lowest BCUT2D eigenvalue weighted by molar-refractivity contribution is 0.849. The van der Waals surface area contributed by atoms with Gasteiger partial charge in [0.1, 0.15) is 11.6 Å². The third-order valence-electron chi connectivity index (χ3n) is 3.57. The Kier molecular flexibility index (Phi) is 16.9. The zero-order valence-corrected chi connectivity index (χ0v) is 21.2. The number of benzene rings is 1. The fourth-order valence-corrected chi connectivity index (χ4v) is 2.32. The summed E-state index contributed by atoms with van der Waals surface area (Å²) in [5.41, 5.74) is 7.65. The largest absolute Gasteiger partial charge is 0.384 e. The Balaban J connectivity index is -0.000000449. The van der Waals surface area contributed by atoms with Crippen molar-refractivity contribution >= 4 is 11.6 Å². The first kappa shape index (κ1) is 29.3. The Labute approximate surface area is 202 Å². The summed E-state index contributed by atoms with van der Waals surface area (Å²) in [7, 11) is 1.87. The van der Waals surface area contributed by atoms with Crippen molar-refractivity contribution in [2.45, 2.75) is 48.0 Å². The zero-order chi connectivity index (χ0) is 24.9. The summed E-state index contributed by atoms with van der Waals surface area (Å²) in [6.07, 6.45) is 4.77. The van der Waals surface area contributed by atoms with Gasteiger partial charge in [0.2, 0.25) is 0 Å². The Hall–Kier alpha value is -3.67. The molecule has 0 unspecified atom stereocenters. The first-order valence-electron chi connectivity index (χ1n) is 11.6. The van der Waals surface area contributed by atoms with Gasteiger partial charge in [-0.15, -0.1) is 0 Å². The van der Waals surface area contributed by atoms with Crippen LogP contribution >= 0.6 is 0 Å². The Bertz CT molecular complexity index is 964. The second kappa shape index (κ2) is 19.0. The van der Waals surface area contributed by atoms with Gasteiger partial charge in [-0.1, -0.05) is 90.4 Å². The topological polar surface area (TPSA) is 81.6 Å². The molecule has 0 bridgehead atoms. The SMILES string of the molecule is CC.CC.CCC.CNc1cccc(-c2ccccc2)n1.Nc1cccc(-n2cccn2)n1.[HH].[HH]. The van der Waals surface area contributed by atoms with Crippen LogP contribution in [0.5, 0.6) is 0 Å². The number of hydrogen-bond acceptors (Lipinski definition) is 5. The monoisotopic (exact) mass is 452 g/mol. The lowest BCUT2D eigenvalue weighted by Crippen LogP contribution is -1.99. The predicted molar refractivity (Wildman–Crippen MR) is 148 cm³/mol. The molecule has 0 aliphatic heterocycles. The van der Waals surface area contributed by atoms with Crippen molar-refractivity contribution < 1.29 is 2.85 Å². The number of anilines is 2. The van der Waals surface area contributed by atoms with E-state index in [1.165, 1.54) is 6.42 Å². The van der Waals surface area contributed by atoms with Gasteiger partial charge in [-0.2, -0.15) is 5.10 Å². The molecule has 3 heterocycles. The third-order valence-corrected chi connectivity index (χ3v) is 3.57. The molecule has 33 heavy (non-hydrogen) atoms. The molecule has 0 radical (unpaired) electrons. The van der Waals surface area contributed by atoms with Gasteiger partial charge in [-0.25, -0.2) is 14.6 Å². The maximum Gasteiger partial charge on any atom is 0.155 e. The number of pyridine rings is 2. The van der Waals surface area contributed by atoms with Crippen LogP contribution in [-0.2, 0) is 0 Å². The minimum Gasteiger partial charge on any atom is -0.384 e. The molecular weight excluding hydrogens is 408 g/mol. The first-order valence-corrected chi connectivity index (χ1v) is 11.6. The first-order chi connectivity index (χ1) is 16.2. The summed E-state index contributed by atoms with van der Waals surface area (Å²) in [5.74, 6) is 2.13. The van der Waals surface area contributed by atoms with Crippen LogP contribution < -0.4 is 11.1 Å². The van der Waals surface area contributed by atoms with Crippen molar-refractivity contribution in [3.05, 3.63) is 85.2 Å². The molecule has 0 saturated carbocycles. The van der Waals surface area contributed by atoms with Gasteiger partial charge in [0.25, 0.3) is 0 Å². The highest BCUT2D eigenvalue weighted by Gasteiger charge is 1.98. The van der Waals surface area contributed by atoms with Gasteiger partial charge >= 0.3 is 0 Å². The molecular formula is C27H44N6. The van der Waals surface area contributed by atoms with E-state index in [4.69, 9.17) is 5.73 Å². The zero-order valence-electron chi connectivity index (χ0n) is 21.2. The average Bonchev–Trinajstić information content (AvgIpc) is 3.43. The normalized spacial score (nSPS) is 8.70. The second-order valence-electron chi connectivity index (χ2n) is 6.10. The molecule has 0 atom stereocenters. The fourth-order valence-electron chi connectivity index (χ4n) is 2.32. The molecule has 0 amide bonds. The highest BCUT2D eigenvalue weighted by molar-refractivity contribution is 5.60. The average molecular weight is 453 g/mol. The standard InChI is InChI=1S/C12H12N2.C8H8N4.C3H8.2C2H6.2H2/c1-13-12-9-5-8-11(14-12)10-6-3-2-4-7-10;9-7-3-1-4-8(11-7)12-6-2-5-10-12;1-3-2;2*1-2;;/h2-9H,1H3,(H,13,14);1-6H,(H2,9,11);3H2,1-2H3;2*1-2H3;2*1H. The lowest BCUT2D eigenvalue weighted by Gasteiger charge is -2.03. The van der Waals surface area contributed by atoms with E-state index in [-0.39, 0.29) is 2.85 Å². The number of nitrogens with two attached hydrogens (primary N) is 1. The van der Waals surface area contributed by atoms with Gasteiger partial charge in [-0.05, 0) is 30.3 Å². The van der Waals surface area contributed by atoms with Crippen LogP contribution in [0.4, 0.5) is 11.6 Å². The van der Waals surface area contributed by atoms with Crippen molar-refractivity contribution in [2.24, 2.45) is 0 Å². The van der Waals surface area contributed by atoms with E-state index in [0.29, 0.717) is 5.82 Å². The van der Waals surface area contributed by atoms with Crippen LogP contribution in [-0.4, -0.2) is 26.8 Å². The Morgan fingerprint density at radius 3 is 2.00 bits per heavy atom. The van der Waals surface area contributed by atoms with Crippen LogP contribution in [0.25, 0.3) is 17.1 Å². The quantitative estimate of drug-likeness (QED) is 0.334. The third kappa shape index (κ3) is 11.5. The van der Waals surface area contributed by atoms with Crippen LogP contribution in [0.15, 0.2) is 85.2 Å². The maximum absolute atomic E-state index is 5.51. The number of nitrogens with zero attached hydrogens (tertiary/aromatic N) is 4. The summed E-state index contributed by atoms with van der Waals surface area (Å²) >= 11 is 0. The van der Waals surface area contributed by atoms with Crippen LogP contribution in [0.2, 0.25) is 0 Å². The molecule has 0 aliphatic rings. The summed E-state index contributed by atoms with van der Waals surface area (Å²) < 4.78 is 1.66. The highest BCUT2D eigenvalue weighted by atomic mass is 15.3. The molecule has 3 aromatic heterocycles. The molecule has 182 valence electrons. The number of hydrogen-bond donors (Lipinski definition) is 2. The lowest BCUT2D eigenvalue weighted by atomic mass is 10.1. The fraction of sp³-hybridized carbons (Fsp3) is 0.296. The van der Waals surface area contributed by atoms with E-state index in [1.807, 2.05) is 95.5 Å². The van der Waals surface area contributed by atoms with Gasteiger partial charge in [0.05, 0.1) is 5.69 Å². The Morgan fingerprint density at radius 1 is 0.818 bits per heavy atom. The van der Waals surface area contributed by atoms with E-state index in [1.54, 1.807) is 16.9 Å². The number of aromatic nitrogens is 4. The summed E-state index contributed by atoms with van der Waals surface area (Å²) in [4.78, 5) is 8.54. The number of rotatable bonds is 3. The molecule has 1 aromatic carbocycles. The molecule has 6 nitrogen and oxygen atoms in total. The molecule has 0 spiro atoms. The Morgan fingerprint density at radius 2 is 1.45 bits per heavy atom. The minimum atomic E-state index is 0. The predicted octanol–water partition coefficient (Wildman–Crippen LogP) is 7.60. The van der Waals surface area contributed by atoms with E-state index < -0.39 is 0 Å². The van der Waals surface area contributed by atoms with Crippen LogP contribution in [0, 0.1) is 0 Å². The van der Waals surface area contributed by atoms with E-state index >= 15 is 0 Å². The second-order valence-corrected chi connectivity index (χ2v) is 6.10. The molecule has 6 heteroatoms. The molecule has 4 aromatic rings. The maximum atomic E-state index is 5.51. The van der Waals surface area contributed by atoms with Crippen molar-refractivity contribution in [3.63, 3.8) is 0 Å². The van der Waals surface area contributed by atoms with Crippen molar-refractivity contribution in [1.29, 1.82) is 0 Å². The van der Waals surface area contributed by atoms with E-state index in [9.17, 15) is 0 Å². The van der Waals surface area contributed by atoms with E-state index in [0.717, 1.165) is 22.9 Å². The van der Waals surface area contributed by atoms with Crippen molar-refractivity contribution in [2.75, 3.05) is 18.1 Å². The smallest absolute Gasteiger partial charge is 0.155 e. The van der Waals surface area contributed by atoms with Crippen molar-refractivity contribution in [1.82, 2.24) is 19.7 Å². The minimum absolute atomic E-state index is 0. The van der Waals surface area contributed by atoms with Crippen LogP contribution in [0.3, 0.4) is 0 Å². The molecule has 4 rings (SSSR count). The molecule has 0 saturated heterocycles. The van der Waals surface area contributed by atoms with E-state index in [2.05, 4.69) is 46.4 Å². The van der Waals surface area contributed by atoms with Gasteiger partial charge < -0.3 is 11.1 Å². The summed E-state index contributed by atoms with van der Waals surface area (Å²) in [5, 5.41) is 7.05. The number of nitrogens with one attached hydrogen (secondary N) is 1. The highest BCUT2D eigenvalue weighted by Crippen LogP contribution is 2.17. The molecule has 0 aliphatic carbocycles. The molecule has 0 fully saturated rings. The molecule has 3 N–H and O–H groups in total. The summed E-state index contributed by atoms with van der Waals surface area (Å²) in [6.45, 7) is 12.2. The van der Waals surface area contributed by atoms with Crippen LogP contribution in [0.1, 0.15) is 50.8 Å². The van der Waals surface area contributed by atoms with Gasteiger partial charge in [-0.3, -0.25) is 0 Å². The summed E-state index contributed by atoms with van der Waals surface area (Å²) in [6, 6.07) is 23.4. The van der Waals surface area contributed by atoms with Gasteiger partial charge in [0.15, 0.2) is 5.82 Å².